The summed E-state index contributed by atoms with van der Waals surface area (Å²) in [6.45, 7) is 2.18. The summed E-state index contributed by atoms with van der Waals surface area (Å²) >= 11 is 0. The molecule has 5 rings (SSSR count). The van der Waals surface area contributed by atoms with Gasteiger partial charge in [-0.1, -0.05) is 91.0 Å². The van der Waals surface area contributed by atoms with Crippen LogP contribution in [-0.4, -0.2) is 12.6 Å². The Labute approximate surface area is 193 Å². The number of hydrogen-bond donors (Lipinski definition) is 0. The molecule has 0 atom stereocenters. The number of fused-ring (bicyclic) bond motifs is 2. The molecule has 0 unspecified atom stereocenters. The average Bonchev–Trinajstić information content (AvgIpc) is 2.87. The highest BCUT2D eigenvalue weighted by atomic mass is 16.5. The molecule has 0 amide bonds. The van der Waals surface area contributed by atoms with Gasteiger partial charge in [0.25, 0.3) is 0 Å². The lowest BCUT2D eigenvalue weighted by molar-refractivity contribution is 0.0526. The zero-order valence-electron chi connectivity index (χ0n) is 18.5. The van der Waals surface area contributed by atoms with E-state index in [-0.39, 0.29) is 5.97 Å². The first-order valence-corrected chi connectivity index (χ1v) is 11.2. The topological polar surface area (TPSA) is 26.3 Å². The van der Waals surface area contributed by atoms with Crippen molar-refractivity contribution in [3.05, 3.63) is 130 Å². The Morgan fingerprint density at radius 1 is 0.636 bits per heavy atom. The van der Waals surface area contributed by atoms with E-state index in [1.54, 1.807) is 0 Å². The van der Waals surface area contributed by atoms with Gasteiger partial charge in [-0.05, 0) is 74.3 Å². The molecule has 0 saturated carbocycles. The zero-order valence-corrected chi connectivity index (χ0v) is 18.5. The first-order chi connectivity index (χ1) is 16.2. The summed E-state index contributed by atoms with van der Waals surface area (Å²) in [6, 6.07) is 35.0. The maximum Gasteiger partial charge on any atom is 0.338 e. The van der Waals surface area contributed by atoms with E-state index < -0.39 is 0 Å². The van der Waals surface area contributed by atoms with Crippen LogP contribution in [0.15, 0.2) is 103 Å². The van der Waals surface area contributed by atoms with Crippen LogP contribution < -0.4 is 10.4 Å². The van der Waals surface area contributed by atoms with E-state index in [4.69, 9.17) is 4.74 Å². The molecular weight excluding hydrogens is 404 g/mol. The second kappa shape index (κ2) is 9.13. The SMILES string of the molecule is CCOC(=O)c1ccc2/c(=C/c3ccccc3)c3ccccc3/c(=C/c3ccccc3)c2c1. The molecule has 0 radical (unpaired) electrons. The molecule has 0 aliphatic heterocycles. The van der Waals surface area contributed by atoms with Crippen LogP contribution in [0.4, 0.5) is 0 Å². The highest BCUT2D eigenvalue weighted by molar-refractivity contribution is 6.04. The Morgan fingerprint density at radius 3 is 1.67 bits per heavy atom. The molecule has 33 heavy (non-hydrogen) atoms. The van der Waals surface area contributed by atoms with Crippen molar-refractivity contribution in [3.8, 4) is 0 Å². The largest absolute Gasteiger partial charge is 0.462 e. The maximum absolute atomic E-state index is 12.6. The zero-order chi connectivity index (χ0) is 22.6. The van der Waals surface area contributed by atoms with Crippen LogP contribution in [-0.2, 0) is 4.74 Å². The summed E-state index contributed by atoms with van der Waals surface area (Å²) in [5.41, 5.74) is 2.82. The molecule has 0 bridgehead atoms. The molecule has 0 fully saturated rings. The Balaban J connectivity index is 1.95. The van der Waals surface area contributed by atoms with E-state index in [0.717, 1.165) is 37.7 Å². The Morgan fingerprint density at radius 2 is 1.12 bits per heavy atom. The lowest BCUT2D eigenvalue weighted by atomic mass is 9.94. The summed E-state index contributed by atoms with van der Waals surface area (Å²) in [7, 11) is 0. The monoisotopic (exact) mass is 428 g/mol. The molecule has 0 spiro atoms. The Hall–Kier alpha value is -4.17. The van der Waals surface area contributed by atoms with Crippen molar-refractivity contribution in [2.75, 3.05) is 6.61 Å². The van der Waals surface area contributed by atoms with E-state index in [1.807, 2.05) is 61.5 Å². The smallest absolute Gasteiger partial charge is 0.338 e. The summed E-state index contributed by atoms with van der Waals surface area (Å²) in [5.74, 6) is -0.299. The van der Waals surface area contributed by atoms with Gasteiger partial charge in [-0.15, -0.1) is 0 Å². The quantitative estimate of drug-likeness (QED) is 0.266. The van der Waals surface area contributed by atoms with Gasteiger partial charge in [-0.3, -0.25) is 0 Å². The minimum Gasteiger partial charge on any atom is -0.462 e. The van der Waals surface area contributed by atoms with Crippen molar-refractivity contribution >= 4 is 39.7 Å². The third-order valence-corrected chi connectivity index (χ3v) is 5.84. The molecule has 0 aromatic heterocycles. The number of ether oxygens (including phenoxy) is 1. The van der Waals surface area contributed by atoms with Gasteiger partial charge in [0.05, 0.1) is 12.2 Å². The van der Waals surface area contributed by atoms with Crippen LogP contribution in [0.1, 0.15) is 28.4 Å². The highest BCUT2D eigenvalue weighted by Crippen LogP contribution is 2.18. The van der Waals surface area contributed by atoms with E-state index in [0.29, 0.717) is 12.2 Å². The predicted molar refractivity (Wildman–Crippen MR) is 137 cm³/mol. The van der Waals surface area contributed by atoms with Crippen molar-refractivity contribution < 1.29 is 9.53 Å². The molecule has 5 aromatic carbocycles. The number of carbonyl (C=O) groups is 1. The maximum atomic E-state index is 12.6. The third-order valence-electron chi connectivity index (χ3n) is 5.84. The normalized spacial score (nSPS) is 12.4. The number of esters is 1. The van der Waals surface area contributed by atoms with Crippen molar-refractivity contribution in [1.82, 2.24) is 0 Å². The van der Waals surface area contributed by atoms with Gasteiger partial charge in [0.15, 0.2) is 0 Å². The first kappa shape index (κ1) is 20.7. The molecule has 5 aromatic rings. The molecule has 0 N–H and O–H groups in total. The number of hydrogen-bond acceptors (Lipinski definition) is 2. The van der Waals surface area contributed by atoms with Crippen molar-refractivity contribution in [1.29, 1.82) is 0 Å². The summed E-state index contributed by atoms with van der Waals surface area (Å²) in [4.78, 5) is 12.6. The molecular formula is C31H24O2. The predicted octanol–water partition coefficient (Wildman–Crippen LogP) is 5.83. The van der Waals surface area contributed by atoms with Crippen molar-refractivity contribution in [2.24, 2.45) is 0 Å². The minimum absolute atomic E-state index is 0.299. The van der Waals surface area contributed by atoms with E-state index in [2.05, 4.69) is 60.7 Å². The van der Waals surface area contributed by atoms with Crippen LogP contribution in [0.3, 0.4) is 0 Å². The lowest BCUT2D eigenvalue weighted by Crippen LogP contribution is -2.16. The highest BCUT2D eigenvalue weighted by Gasteiger charge is 2.11. The molecule has 160 valence electrons. The fourth-order valence-corrected chi connectivity index (χ4v) is 4.33. The van der Waals surface area contributed by atoms with Gasteiger partial charge in [0, 0.05) is 0 Å². The van der Waals surface area contributed by atoms with Gasteiger partial charge < -0.3 is 4.74 Å². The van der Waals surface area contributed by atoms with Crippen LogP contribution in [0.2, 0.25) is 0 Å². The van der Waals surface area contributed by atoms with Crippen LogP contribution >= 0.6 is 0 Å². The number of rotatable bonds is 4. The minimum atomic E-state index is -0.299. The molecule has 0 aliphatic carbocycles. The van der Waals surface area contributed by atoms with Gasteiger partial charge >= 0.3 is 5.97 Å². The third kappa shape index (κ3) is 4.16. The van der Waals surface area contributed by atoms with Gasteiger partial charge in [0.1, 0.15) is 0 Å². The molecule has 0 heterocycles. The fraction of sp³-hybridized carbons (Fsp3) is 0.0645. The number of carbonyl (C=O) groups excluding carboxylic acids is 1. The van der Waals surface area contributed by atoms with Crippen molar-refractivity contribution in [2.45, 2.75) is 6.92 Å². The van der Waals surface area contributed by atoms with Crippen LogP contribution in [0, 0.1) is 0 Å². The molecule has 0 aliphatic rings. The fourth-order valence-electron chi connectivity index (χ4n) is 4.33. The van der Waals surface area contributed by atoms with Gasteiger partial charge in [0.2, 0.25) is 0 Å². The summed E-state index contributed by atoms with van der Waals surface area (Å²) < 4.78 is 5.29. The summed E-state index contributed by atoms with van der Waals surface area (Å²) in [5, 5.41) is 6.71. The van der Waals surface area contributed by atoms with Crippen LogP contribution in [0.5, 0.6) is 0 Å². The first-order valence-electron chi connectivity index (χ1n) is 11.2. The van der Waals surface area contributed by atoms with Crippen LogP contribution in [0.25, 0.3) is 33.7 Å². The Kier molecular flexibility index (Phi) is 5.73. The van der Waals surface area contributed by atoms with Crippen molar-refractivity contribution in [3.63, 3.8) is 0 Å². The molecule has 0 saturated heterocycles. The number of benzene rings is 5. The van der Waals surface area contributed by atoms with E-state index >= 15 is 0 Å². The molecule has 2 nitrogen and oxygen atoms in total. The lowest BCUT2D eigenvalue weighted by Gasteiger charge is -2.10. The Bertz CT molecular complexity index is 1570. The second-order valence-electron chi connectivity index (χ2n) is 7.96. The summed E-state index contributed by atoms with van der Waals surface area (Å²) in [6.07, 6.45) is 4.42. The van der Waals surface area contributed by atoms with Gasteiger partial charge in [-0.2, -0.15) is 0 Å². The second-order valence-corrected chi connectivity index (χ2v) is 7.96. The molecule has 2 heteroatoms. The van der Waals surface area contributed by atoms with E-state index in [1.165, 1.54) is 5.39 Å². The van der Waals surface area contributed by atoms with Gasteiger partial charge in [-0.25, -0.2) is 4.79 Å². The average molecular weight is 429 g/mol. The standard InChI is InChI=1S/C31H24O2/c1-2-33-31(32)24-17-18-27-28(19-22-11-5-3-6-12-22)25-15-9-10-16-26(25)29(30(27)21-24)20-23-13-7-4-8-14-23/h3-21H,2H2,1H3/b28-19+,29-20-. The van der Waals surface area contributed by atoms with E-state index in [9.17, 15) is 4.79 Å².